The molecule has 3 rings (SSSR count). The monoisotopic (exact) mass is 374 g/mol. The Labute approximate surface area is 157 Å². The summed E-state index contributed by atoms with van der Waals surface area (Å²) in [5.41, 5.74) is -0.547. The number of carbonyl (C=O) groups excluding carboxylic acids is 1. The Morgan fingerprint density at radius 2 is 1.78 bits per heavy atom. The quantitative estimate of drug-likeness (QED) is 0.812. The maximum atomic E-state index is 14.5. The van der Waals surface area contributed by atoms with Gasteiger partial charge in [0.1, 0.15) is 5.60 Å². The van der Waals surface area contributed by atoms with Crippen molar-refractivity contribution in [3.63, 3.8) is 0 Å². The fourth-order valence-electron chi connectivity index (χ4n) is 3.08. The van der Waals surface area contributed by atoms with E-state index in [1.807, 2.05) is 0 Å². The number of benzene rings is 2. The third kappa shape index (κ3) is 4.20. The first kappa shape index (κ1) is 19.1. The zero-order valence-corrected chi connectivity index (χ0v) is 15.4. The Hall–Kier alpha value is -2.64. The molecule has 0 bridgehead atoms. The first-order valence-electron chi connectivity index (χ1n) is 8.76. The minimum atomic E-state index is -0.895. The van der Waals surface area contributed by atoms with Crippen molar-refractivity contribution >= 4 is 11.6 Å². The molecule has 1 fully saturated rings. The second-order valence-electron chi connectivity index (χ2n) is 6.30. The fourth-order valence-corrected chi connectivity index (χ4v) is 3.08. The van der Waals surface area contributed by atoms with Gasteiger partial charge in [0, 0.05) is 18.9 Å². The predicted molar refractivity (Wildman–Crippen MR) is 99.9 cm³/mol. The molecule has 0 radical (unpaired) electrons. The van der Waals surface area contributed by atoms with Crippen molar-refractivity contribution in [3.8, 4) is 17.2 Å². The van der Waals surface area contributed by atoms with Crippen LogP contribution in [-0.2, 0) is 9.53 Å². The molecule has 0 atom stereocenters. The standard InChI is InChI=1S/C20H23FN2O4/c1-25-17-5-3-4-6-18(17)27-16-8-7-14(13-15(16)21)23-19(24)20(26-2)9-11-22-12-10-20/h3-8,13,22H,9-12H2,1-2H3,(H,23,24). The van der Waals surface area contributed by atoms with Crippen LogP contribution in [0.3, 0.4) is 0 Å². The van der Waals surface area contributed by atoms with E-state index in [1.165, 1.54) is 26.4 Å². The maximum Gasteiger partial charge on any atom is 0.256 e. The average Bonchev–Trinajstić information content (AvgIpc) is 2.70. The summed E-state index contributed by atoms with van der Waals surface area (Å²) < 4.78 is 30.8. The van der Waals surface area contributed by atoms with Crippen LogP contribution in [-0.4, -0.2) is 38.8 Å². The molecule has 6 nitrogen and oxygen atoms in total. The summed E-state index contributed by atoms with van der Waals surface area (Å²) in [6, 6.07) is 11.3. The van der Waals surface area contributed by atoms with Gasteiger partial charge in [-0.15, -0.1) is 0 Å². The predicted octanol–water partition coefficient (Wildman–Crippen LogP) is 3.33. The van der Waals surface area contributed by atoms with Crippen LogP contribution in [0.5, 0.6) is 17.2 Å². The summed E-state index contributed by atoms with van der Waals surface area (Å²) in [4.78, 5) is 12.7. The molecule has 0 saturated carbocycles. The van der Waals surface area contributed by atoms with Crippen molar-refractivity contribution in [2.45, 2.75) is 18.4 Å². The van der Waals surface area contributed by atoms with Gasteiger partial charge < -0.3 is 24.8 Å². The van der Waals surface area contributed by atoms with Gasteiger partial charge in [0.25, 0.3) is 5.91 Å². The van der Waals surface area contributed by atoms with Crippen molar-refractivity contribution in [2.24, 2.45) is 0 Å². The van der Waals surface area contributed by atoms with Crippen LogP contribution in [0.25, 0.3) is 0 Å². The fraction of sp³-hybridized carbons (Fsp3) is 0.350. The highest BCUT2D eigenvalue weighted by Crippen LogP contribution is 2.33. The van der Waals surface area contributed by atoms with Crippen LogP contribution in [0.1, 0.15) is 12.8 Å². The highest BCUT2D eigenvalue weighted by molar-refractivity contribution is 5.97. The molecule has 144 valence electrons. The number of carbonyl (C=O) groups is 1. The first-order chi connectivity index (χ1) is 13.1. The molecule has 0 spiro atoms. The van der Waals surface area contributed by atoms with E-state index in [0.29, 0.717) is 43.1 Å². The average molecular weight is 374 g/mol. The molecule has 0 aromatic heterocycles. The van der Waals surface area contributed by atoms with Gasteiger partial charge in [-0.25, -0.2) is 4.39 Å². The molecule has 1 heterocycles. The van der Waals surface area contributed by atoms with Gasteiger partial charge in [-0.2, -0.15) is 0 Å². The number of anilines is 1. The van der Waals surface area contributed by atoms with Gasteiger partial charge >= 0.3 is 0 Å². The summed E-state index contributed by atoms with van der Waals surface area (Å²) in [6.45, 7) is 1.39. The van der Waals surface area contributed by atoms with Crippen LogP contribution in [0.15, 0.2) is 42.5 Å². The third-order valence-corrected chi connectivity index (χ3v) is 4.69. The lowest BCUT2D eigenvalue weighted by molar-refractivity contribution is -0.140. The van der Waals surface area contributed by atoms with E-state index in [2.05, 4.69) is 10.6 Å². The number of rotatable bonds is 6. The van der Waals surface area contributed by atoms with Crippen LogP contribution in [0, 0.1) is 5.82 Å². The molecule has 2 N–H and O–H groups in total. The van der Waals surface area contributed by atoms with Gasteiger partial charge in [-0.3, -0.25) is 4.79 Å². The normalized spacial score (nSPS) is 15.8. The van der Waals surface area contributed by atoms with Gasteiger partial charge in [-0.05, 0) is 50.2 Å². The maximum absolute atomic E-state index is 14.5. The zero-order chi connectivity index (χ0) is 19.3. The highest BCUT2D eigenvalue weighted by Gasteiger charge is 2.39. The Bertz CT molecular complexity index is 806. The van der Waals surface area contributed by atoms with Crippen LogP contribution in [0.4, 0.5) is 10.1 Å². The number of amides is 1. The Morgan fingerprint density at radius 3 is 2.41 bits per heavy atom. The summed E-state index contributed by atoms with van der Waals surface area (Å²) in [5.74, 6) is 0.0894. The van der Waals surface area contributed by atoms with Crippen molar-refractivity contribution in [1.29, 1.82) is 0 Å². The highest BCUT2D eigenvalue weighted by atomic mass is 19.1. The minimum absolute atomic E-state index is 0.0424. The lowest BCUT2D eigenvalue weighted by Crippen LogP contribution is -2.51. The lowest BCUT2D eigenvalue weighted by atomic mass is 9.91. The minimum Gasteiger partial charge on any atom is -0.493 e. The van der Waals surface area contributed by atoms with Gasteiger partial charge in [-0.1, -0.05) is 12.1 Å². The van der Waals surface area contributed by atoms with Gasteiger partial charge in [0.2, 0.25) is 0 Å². The molecule has 2 aromatic rings. The summed E-state index contributed by atoms with van der Waals surface area (Å²) in [5, 5.41) is 5.94. The zero-order valence-electron chi connectivity index (χ0n) is 15.4. The molecular weight excluding hydrogens is 351 g/mol. The number of hydrogen-bond acceptors (Lipinski definition) is 5. The Kier molecular flexibility index (Phi) is 5.93. The number of ether oxygens (including phenoxy) is 3. The largest absolute Gasteiger partial charge is 0.493 e. The van der Waals surface area contributed by atoms with Crippen molar-refractivity contribution in [3.05, 3.63) is 48.3 Å². The van der Waals surface area contributed by atoms with E-state index < -0.39 is 11.4 Å². The molecule has 1 saturated heterocycles. The number of nitrogens with one attached hydrogen (secondary N) is 2. The van der Waals surface area contributed by atoms with Crippen molar-refractivity contribution in [2.75, 3.05) is 32.6 Å². The van der Waals surface area contributed by atoms with Crippen LogP contribution in [0.2, 0.25) is 0 Å². The van der Waals surface area contributed by atoms with E-state index in [0.717, 1.165) is 0 Å². The molecule has 1 amide bonds. The van der Waals surface area contributed by atoms with E-state index >= 15 is 0 Å². The summed E-state index contributed by atoms with van der Waals surface area (Å²) in [6.07, 6.45) is 1.12. The number of hydrogen-bond donors (Lipinski definition) is 2. The van der Waals surface area contributed by atoms with E-state index in [1.54, 1.807) is 30.3 Å². The lowest BCUT2D eigenvalue weighted by Gasteiger charge is -2.34. The molecule has 1 aliphatic heterocycles. The molecule has 7 heteroatoms. The SMILES string of the molecule is COc1ccccc1Oc1ccc(NC(=O)C2(OC)CCNCC2)cc1F. The molecule has 2 aromatic carbocycles. The number of piperidine rings is 1. The summed E-state index contributed by atoms with van der Waals surface area (Å²) in [7, 11) is 3.04. The number of halogens is 1. The van der Waals surface area contributed by atoms with Crippen molar-refractivity contribution in [1.82, 2.24) is 5.32 Å². The number of methoxy groups -OCH3 is 2. The molecule has 1 aliphatic rings. The first-order valence-corrected chi connectivity index (χ1v) is 8.76. The Balaban J connectivity index is 1.74. The summed E-state index contributed by atoms with van der Waals surface area (Å²) >= 11 is 0. The van der Waals surface area contributed by atoms with Gasteiger partial charge in [0.05, 0.1) is 7.11 Å². The van der Waals surface area contributed by atoms with Crippen molar-refractivity contribution < 1.29 is 23.4 Å². The van der Waals surface area contributed by atoms with Gasteiger partial charge in [0.15, 0.2) is 23.1 Å². The smallest absolute Gasteiger partial charge is 0.256 e. The second kappa shape index (κ2) is 8.37. The number of para-hydroxylation sites is 2. The molecule has 27 heavy (non-hydrogen) atoms. The topological polar surface area (TPSA) is 68.8 Å². The van der Waals surface area contributed by atoms with E-state index in [4.69, 9.17) is 14.2 Å². The van der Waals surface area contributed by atoms with Crippen LogP contribution < -0.4 is 20.1 Å². The van der Waals surface area contributed by atoms with E-state index in [-0.39, 0.29) is 11.7 Å². The molecular formula is C20H23FN2O4. The van der Waals surface area contributed by atoms with Crippen LogP contribution >= 0.6 is 0 Å². The molecule has 0 aliphatic carbocycles. The third-order valence-electron chi connectivity index (χ3n) is 4.69. The van der Waals surface area contributed by atoms with E-state index in [9.17, 15) is 9.18 Å². The second-order valence-corrected chi connectivity index (χ2v) is 6.30. The molecule has 0 unspecified atom stereocenters. The Morgan fingerprint density at radius 1 is 1.07 bits per heavy atom.